The zero-order valence-electron chi connectivity index (χ0n) is 6.26. The lowest BCUT2D eigenvalue weighted by Crippen LogP contribution is -2.43. The zero-order valence-corrected chi connectivity index (χ0v) is 6.26. The normalized spacial score (nSPS) is 30.7. The van der Waals surface area contributed by atoms with E-state index in [-0.39, 0.29) is 0 Å². The summed E-state index contributed by atoms with van der Waals surface area (Å²) in [6.07, 6.45) is 0. The van der Waals surface area contributed by atoms with E-state index in [4.69, 9.17) is 4.74 Å². The minimum absolute atomic E-state index is 0.628. The minimum Gasteiger partial charge on any atom is -0.379 e. The highest BCUT2D eigenvalue weighted by Gasteiger charge is 2.15. The Morgan fingerprint density at radius 3 is 2.89 bits per heavy atom. The van der Waals surface area contributed by atoms with Gasteiger partial charge in [-0.1, -0.05) is 6.92 Å². The predicted molar refractivity (Wildman–Crippen MR) is 37.5 cm³/mol. The fraction of sp³-hybridized carbons (Fsp3) is 1.00. The molecule has 1 fully saturated rings. The maximum atomic E-state index is 5.27. The van der Waals surface area contributed by atoms with Crippen LogP contribution in [0, 0.1) is 0 Å². The van der Waals surface area contributed by atoms with E-state index in [1.165, 1.54) is 0 Å². The first-order valence-electron chi connectivity index (χ1n) is 3.66. The molecule has 1 saturated heterocycles. The molecule has 0 saturated carbocycles. The summed E-state index contributed by atoms with van der Waals surface area (Å²) in [4.78, 5) is 2.43. The van der Waals surface area contributed by atoms with Crippen LogP contribution in [0.3, 0.4) is 0 Å². The highest BCUT2D eigenvalue weighted by Crippen LogP contribution is 2.03. The Morgan fingerprint density at radius 1 is 1.67 bits per heavy atom. The summed E-state index contributed by atoms with van der Waals surface area (Å²) in [7, 11) is 0. The van der Waals surface area contributed by atoms with Gasteiger partial charge in [0.15, 0.2) is 0 Å². The maximum absolute atomic E-state index is 5.27. The van der Waals surface area contributed by atoms with Gasteiger partial charge in [-0.2, -0.15) is 0 Å². The fourth-order valence-electron chi connectivity index (χ4n) is 1.23. The van der Waals surface area contributed by atoms with Gasteiger partial charge in [0, 0.05) is 12.6 Å². The number of morpholine rings is 1. The fourth-order valence-corrected chi connectivity index (χ4v) is 1.23. The Bertz CT molecular complexity index is 85.0. The molecule has 0 bridgehead atoms. The number of ether oxygens (including phenoxy) is 1. The van der Waals surface area contributed by atoms with Crippen LogP contribution in [0.1, 0.15) is 13.8 Å². The van der Waals surface area contributed by atoms with E-state index in [2.05, 4.69) is 18.7 Å². The molecule has 54 valence electrons. The molecule has 0 aliphatic carbocycles. The molecule has 0 N–H and O–H groups in total. The molecule has 2 heteroatoms. The second-order valence-electron chi connectivity index (χ2n) is 2.55. The summed E-state index contributed by atoms with van der Waals surface area (Å²) in [6.45, 7) is 8.50. The van der Waals surface area contributed by atoms with E-state index in [9.17, 15) is 0 Å². The molecule has 0 spiro atoms. The third-order valence-electron chi connectivity index (χ3n) is 1.91. The molecule has 0 aromatic rings. The summed E-state index contributed by atoms with van der Waals surface area (Å²) in [6, 6.07) is 0.628. The van der Waals surface area contributed by atoms with Crippen molar-refractivity contribution in [2.24, 2.45) is 0 Å². The van der Waals surface area contributed by atoms with Gasteiger partial charge >= 0.3 is 0 Å². The standard InChI is InChI=1S/C7H15NO/c1-3-8-4-5-9-6-7(8)2/h7H,3-6H2,1-2H3. The van der Waals surface area contributed by atoms with E-state index >= 15 is 0 Å². The molecule has 0 aromatic carbocycles. The first-order chi connectivity index (χ1) is 4.34. The van der Waals surface area contributed by atoms with Crippen molar-refractivity contribution in [2.45, 2.75) is 19.9 Å². The summed E-state index contributed by atoms with van der Waals surface area (Å²) in [5.74, 6) is 0. The Kier molecular flexibility index (Phi) is 2.49. The van der Waals surface area contributed by atoms with Crippen LogP contribution in [-0.2, 0) is 4.74 Å². The van der Waals surface area contributed by atoms with Gasteiger partial charge in [0.1, 0.15) is 0 Å². The van der Waals surface area contributed by atoms with Crippen LogP contribution in [0.4, 0.5) is 0 Å². The second kappa shape index (κ2) is 3.18. The quantitative estimate of drug-likeness (QED) is 0.517. The van der Waals surface area contributed by atoms with Gasteiger partial charge in [-0.3, -0.25) is 4.90 Å². The number of hydrogen-bond acceptors (Lipinski definition) is 2. The molecule has 1 unspecified atom stereocenters. The lowest BCUT2D eigenvalue weighted by molar-refractivity contribution is 0.00245. The second-order valence-corrected chi connectivity index (χ2v) is 2.55. The third-order valence-corrected chi connectivity index (χ3v) is 1.91. The number of rotatable bonds is 1. The number of hydrogen-bond donors (Lipinski definition) is 0. The van der Waals surface area contributed by atoms with Gasteiger partial charge in [-0.25, -0.2) is 0 Å². The van der Waals surface area contributed by atoms with Gasteiger partial charge in [0.05, 0.1) is 13.2 Å². The molecule has 2 nitrogen and oxygen atoms in total. The van der Waals surface area contributed by atoms with Crippen LogP contribution in [0.5, 0.6) is 0 Å². The van der Waals surface area contributed by atoms with Gasteiger partial charge in [-0.15, -0.1) is 0 Å². The Hall–Kier alpha value is -0.0800. The van der Waals surface area contributed by atoms with Crippen molar-refractivity contribution in [3.05, 3.63) is 0 Å². The largest absolute Gasteiger partial charge is 0.379 e. The first kappa shape index (κ1) is 7.03. The summed E-state index contributed by atoms with van der Waals surface area (Å²) >= 11 is 0. The van der Waals surface area contributed by atoms with E-state index in [1.807, 2.05) is 0 Å². The lowest BCUT2D eigenvalue weighted by atomic mass is 10.2. The summed E-state index contributed by atoms with van der Waals surface area (Å²) < 4.78 is 5.27. The summed E-state index contributed by atoms with van der Waals surface area (Å²) in [5.41, 5.74) is 0. The van der Waals surface area contributed by atoms with Gasteiger partial charge in [0.2, 0.25) is 0 Å². The molecule has 1 rings (SSSR count). The average molecular weight is 129 g/mol. The first-order valence-corrected chi connectivity index (χ1v) is 3.66. The van der Waals surface area contributed by atoms with E-state index in [0.29, 0.717) is 6.04 Å². The molecular formula is C7H15NO. The van der Waals surface area contributed by atoms with Crippen LogP contribution in [0.15, 0.2) is 0 Å². The topological polar surface area (TPSA) is 12.5 Å². The molecular weight excluding hydrogens is 114 g/mol. The van der Waals surface area contributed by atoms with Crippen LogP contribution in [0.2, 0.25) is 0 Å². The maximum Gasteiger partial charge on any atom is 0.0619 e. The Balaban J connectivity index is 2.30. The van der Waals surface area contributed by atoms with Crippen molar-refractivity contribution >= 4 is 0 Å². The molecule has 1 atom stereocenters. The number of likely N-dealkylation sites (N-methyl/N-ethyl adjacent to an activating group) is 1. The monoisotopic (exact) mass is 129 g/mol. The molecule has 0 radical (unpaired) electrons. The predicted octanol–water partition coefficient (Wildman–Crippen LogP) is 0.727. The van der Waals surface area contributed by atoms with Crippen molar-refractivity contribution in [3.8, 4) is 0 Å². The van der Waals surface area contributed by atoms with Gasteiger partial charge in [-0.05, 0) is 13.5 Å². The Labute approximate surface area is 56.8 Å². The highest BCUT2D eigenvalue weighted by molar-refractivity contribution is 4.68. The average Bonchev–Trinajstić information content (AvgIpc) is 1.89. The van der Waals surface area contributed by atoms with Crippen molar-refractivity contribution in [2.75, 3.05) is 26.3 Å². The Morgan fingerprint density at radius 2 is 2.44 bits per heavy atom. The minimum atomic E-state index is 0.628. The molecule has 1 aliphatic rings. The van der Waals surface area contributed by atoms with Crippen LogP contribution < -0.4 is 0 Å². The molecule has 1 aliphatic heterocycles. The lowest BCUT2D eigenvalue weighted by Gasteiger charge is -2.31. The molecule has 1 heterocycles. The van der Waals surface area contributed by atoms with Crippen molar-refractivity contribution in [3.63, 3.8) is 0 Å². The van der Waals surface area contributed by atoms with E-state index in [1.54, 1.807) is 0 Å². The zero-order chi connectivity index (χ0) is 6.69. The van der Waals surface area contributed by atoms with Crippen LogP contribution in [-0.4, -0.2) is 37.2 Å². The van der Waals surface area contributed by atoms with E-state index < -0.39 is 0 Å². The number of nitrogens with zero attached hydrogens (tertiary/aromatic N) is 1. The van der Waals surface area contributed by atoms with Crippen molar-refractivity contribution < 1.29 is 4.74 Å². The third kappa shape index (κ3) is 1.66. The summed E-state index contributed by atoms with van der Waals surface area (Å²) in [5, 5.41) is 0. The van der Waals surface area contributed by atoms with Crippen molar-refractivity contribution in [1.29, 1.82) is 0 Å². The molecule has 0 amide bonds. The highest BCUT2D eigenvalue weighted by atomic mass is 16.5. The van der Waals surface area contributed by atoms with Gasteiger partial charge < -0.3 is 4.74 Å². The van der Waals surface area contributed by atoms with Crippen LogP contribution in [0.25, 0.3) is 0 Å². The smallest absolute Gasteiger partial charge is 0.0619 e. The molecule has 0 aromatic heterocycles. The van der Waals surface area contributed by atoms with Gasteiger partial charge in [0.25, 0.3) is 0 Å². The SMILES string of the molecule is CCN1CCOCC1C. The van der Waals surface area contributed by atoms with E-state index in [0.717, 1.165) is 26.3 Å². The molecule has 9 heavy (non-hydrogen) atoms. The van der Waals surface area contributed by atoms with Crippen molar-refractivity contribution in [1.82, 2.24) is 4.90 Å². The van der Waals surface area contributed by atoms with Crippen LogP contribution >= 0.6 is 0 Å².